The van der Waals surface area contributed by atoms with Crippen LogP contribution >= 0.6 is 0 Å². The first kappa shape index (κ1) is 16.8. The van der Waals surface area contributed by atoms with Crippen LogP contribution in [0.15, 0.2) is 0 Å². The fraction of sp³-hybridized carbons (Fsp3) is 0.941. The van der Waals surface area contributed by atoms with Gasteiger partial charge in [0.05, 0.1) is 6.61 Å². The van der Waals surface area contributed by atoms with Crippen LogP contribution in [0.3, 0.4) is 0 Å². The van der Waals surface area contributed by atoms with Gasteiger partial charge >= 0.3 is 0 Å². The molecule has 4 nitrogen and oxygen atoms in total. The van der Waals surface area contributed by atoms with Crippen molar-refractivity contribution in [1.29, 1.82) is 0 Å². The number of hydrogen-bond donors (Lipinski definition) is 2. The van der Waals surface area contributed by atoms with E-state index in [2.05, 4.69) is 19.2 Å². The average molecular weight is 297 g/mol. The highest BCUT2D eigenvalue weighted by molar-refractivity contribution is 5.76. The Morgan fingerprint density at radius 2 is 2.19 bits per heavy atom. The Morgan fingerprint density at radius 3 is 2.81 bits per heavy atom. The predicted octanol–water partition coefficient (Wildman–Crippen LogP) is 2.50. The lowest BCUT2D eigenvalue weighted by Crippen LogP contribution is -2.39. The van der Waals surface area contributed by atoms with E-state index >= 15 is 0 Å². The molecule has 2 atom stereocenters. The lowest BCUT2D eigenvalue weighted by Gasteiger charge is -2.35. The van der Waals surface area contributed by atoms with Crippen molar-refractivity contribution < 1.29 is 14.6 Å². The molecule has 2 rings (SSSR count). The highest BCUT2D eigenvalue weighted by Crippen LogP contribution is 2.39. The van der Waals surface area contributed by atoms with Crippen molar-refractivity contribution in [2.24, 2.45) is 16.7 Å². The lowest BCUT2D eigenvalue weighted by molar-refractivity contribution is -0.123. The van der Waals surface area contributed by atoms with Crippen LogP contribution in [0.5, 0.6) is 0 Å². The Labute approximate surface area is 128 Å². The summed E-state index contributed by atoms with van der Waals surface area (Å²) in [6.45, 7) is 6.82. The van der Waals surface area contributed by atoms with Gasteiger partial charge in [0.2, 0.25) is 5.91 Å². The molecule has 0 radical (unpaired) electrons. The molecule has 21 heavy (non-hydrogen) atoms. The number of hydrogen-bond acceptors (Lipinski definition) is 3. The molecule has 4 heteroatoms. The minimum absolute atomic E-state index is 0.0454. The van der Waals surface area contributed by atoms with Crippen molar-refractivity contribution in [3.8, 4) is 0 Å². The Hall–Kier alpha value is -0.610. The van der Waals surface area contributed by atoms with Gasteiger partial charge in [-0.3, -0.25) is 4.79 Å². The van der Waals surface area contributed by atoms with Crippen LogP contribution in [0.4, 0.5) is 0 Å². The SMILES string of the molecule is CC1(C)CCCC(CC(=O)NCC2(CCO)CCOC2)C1. The van der Waals surface area contributed by atoms with Crippen LogP contribution in [0, 0.1) is 16.7 Å². The molecule has 1 aliphatic carbocycles. The van der Waals surface area contributed by atoms with Gasteiger partial charge in [-0.05, 0) is 43.4 Å². The number of amides is 1. The first-order chi connectivity index (χ1) is 9.95. The molecule has 2 unspecified atom stereocenters. The summed E-state index contributed by atoms with van der Waals surface area (Å²) < 4.78 is 5.46. The van der Waals surface area contributed by atoms with Crippen LogP contribution in [0.1, 0.15) is 58.8 Å². The van der Waals surface area contributed by atoms with Crippen LogP contribution in [0.25, 0.3) is 0 Å². The van der Waals surface area contributed by atoms with Crippen molar-refractivity contribution >= 4 is 5.91 Å². The summed E-state index contributed by atoms with van der Waals surface area (Å²) in [5.41, 5.74) is 0.344. The molecule has 1 amide bonds. The summed E-state index contributed by atoms with van der Waals surface area (Å²) in [6, 6.07) is 0. The standard InChI is InChI=1S/C17H31NO3/c1-16(2)5-3-4-14(11-16)10-15(20)18-12-17(6-8-19)7-9-21-13-17/h14,19H,3-13H2,1-2H3,(H,18,20). The first-order valence-electron chi connectivity index (χ1n) is 8.40. The molecule has 2 N–H and O–H groups in total. The number of nitrogens with one attached hydrogen (secondary N) is 1. The quantitative estimate of drug-likeness (QED) is 0.792. The van der Waals surface area contributed by atoms with Crippen LogP contribution in [0.2, 0.25) is 0 Å². The van der Waals surface area contributed by atoms with Gasteiger partial charge in [0.15, 0.2) is 0 Å². The summed E-state index contributed by atoms with van der Waals surface area (Å²) in [7, 11) is 0. The van der Waals surface area contributed by atoms with Gasteiger partial charge in [0, 0.05) is 31.6 Å². The minimum Gasteiger partial charge on any atom is -0.396 e. The van der Waals surface area contributed by atoms with E-state index in [4.69, 9.17) is 4.74 Å². The Bertz CT molecular complexity index is 348. The third kappa shape index (κ3) is 4.96. The number of carbonyl (C=O) groups is 1. The van der Waals surface area contributed by atoms with Gasteiger partial charge in [0.25, 0.3) is 0 Å². The van der Waals surface area contributed by atoms with Gasteiger partial charge in [0.1, 0.15) is 0 Å². The van der Waals surface area contributed by atoms with E-state index in [0.717, 1.165) is 19.4 Å². The summed E-state index contributed by atoms with van der Waals surface area (Å²) in [5, 5.41) is 12.3. The van der Waals surface area contributed by atoms with E-state index in [1.165, 1.54) is 19.3 Å². The molecule has 122 valence electrons. The maximum Gasteiger partial charge on any atom is 0.220 e. The van der Waals surface area contributed by atoms with Crippen molar-refractivity contribution in [3.63, 3.8) is 0 Å². The molecule has 1 heterocycles. The van der Waals surface area contributed by atoms with Gasteiger partial charge in [-0.2, -0.15) is 0 Å². The maximum absolute atomic E-state index is 12.2. The fourth-order valence-corrected chi connectivity index (χ4v) is 3.96. The van der Waals surface area contributed by atoms with Crippen molar-refractivity contribution in [2.45, 2.75) is 58.8 Å². The smallest absolute Gasteiger partial charge is 0.220 e. The van der Waals surface area contributed by atoms with Gasteiger partial charge in [-0.25, -0.2) is 0 Å². The molecule has 0 spiro atoms. The third-order valence-electron chi connectivity index (χ3n) is 5.27. The molecule has 2 fully saturated rings. The topological polar surface area (TPSA) is 58.6 Å². The molecular formula is C17H31NO3. The molecule has 0 aromatic heterocycles. The highest BCUT2D eigenvalue weighted by atomic mass is 16.5. The third-order valence-corrected chi connectivity index (χ3v) is 5.27. The number of rotatable bonds is 6. The molecule has 2 aliphatic rings. The number of ether oxygens (including phenoxy) is 1. The zero-order valence-electron chi connectivity index (χ0n) is 13.6. The van der Waals surface area contributed by atoms with Crippen LogP contribution in [-0.4, -0.2) is 37.4 Å². The van der Waals surface area contributed by atoms with Gasteiger partial charge in [-0.1, -0.05) is 20.3 Å². The second-order valence-electron chi connectivity index (χ2n) is 7.88. The molecule has 0 aromatic rings. The van der Waals surface area contributed by atoms with E-state index in [0.29, 0.717) is 37.3 Å². The number of carbonyl (C=O) groups excluding carboxylic acids is 1. The zero-order valence-corrected chi connectivity index (χ0v) is 13.6. The van der Waals surface area contributed by atoms with E-state index in [1.807, 2.05) is 0 Å². The van der Waals surface area contributed by atoms with Gasteiger partial charge in [-0.15, -0.1) is 0 Å². The monoisotopic (exact) mass is 297 g/mol. The van der Waals surface area contributed by atoms with E-state index < -0.39 is 0 Å². The highest BCUT2D eigenvalue weighted by Gasteiger charge is 2.35. The molecule has 0 bridgehead atoms. The van der Waals surface area contributed by atoms with Crippen molar-refractivity contribution in [3.05, 3.63) is 0 Å². The van der Waals surface area contributed by atoms with Crippen LogP contribution < -0.4 is 5.32 Å². The summed E-state index contributed by atoms with van der Waals surface area (Å²) in [4.78, 5) is 12.2. The second-order valence-corrected chi connectivity index (χ2v) is 7.88. The number of aliphatic hydroxyl groups excluding tert-OH is 1. The molecule has 1 saturated heterocycles. The first-order valence-corrected chi connectivity index (χ1v) is 8.40. The Morgan fingerprint density at radius 1 is 1.38 bits per heavy atom. The van der Waals surface area contributed by atoms with Gasteiger partial charge < -0.3 is 15.2 Å². The molecular weight excluding hydrogens is 266 g/mol. The fourth-order valence-electron chi connectivity index (χ4n) is 3.96. The van der Waals surface area contributed by atoms with Crippen LogP contribution in [-0.2, 0) is 9.53 Å². The molecule has 1 aliphatic heterocycles. The Kier molecular flexibility index (Phi) is 5.67. The Balaban J connectivity index is 1.76. The average Bonchev–Trinajstić information content (AvgIpc) is 2.85. The minimum atomic E-state index is -0.0454. The van der Waals surface area contributed by atoms with Crippen molar-refractivity contribution in [1.82, 2.24) is 5.32 Å². The zero-order chi connectivity index (χ0) is 15.3. The molecule has 1 saturated carbocycles. The normalized spacial score (nSPS) is 32.0. The van der Waals surface area contributed by atoms with E-state index in [9.17, 15) is 9.90 Å². The van der Waals surface area contributed by atoms with E-state index in [1.54, 1.807) is 0 Å². The number of aliphatic hydroxyl groups is 1. The second kappa shape index (κ2) is 7.10. The summed E-state index contributed by atoms with van der Waals surface area (Å²) >= 11 is 0. The summed E-state index contributed by atoms with van der Waals surface area (Å²) in [5.74, 6) is 0.698. The van der Waals surface area contributed by atoms with Crippen molar-refractivity contribution in [2.75, 3.05) is 26.4 Å². The predicted molar refractivity (Wildman–Crippen MR) is 82.9 cm³/mol. The lowest BCUT2D eigenvalue weighted by atomic mass is 9.71. The van der Waals surface area contributed by atoms with E-state index in [-0.39, 0.29) is 17.9 Å². The summed E-state index contributed by atoms with van der Waals surface area (Å²) in [6.07, 6.45) is 7.16. The molecule has 0 aromatic carbocycles. The largest absolute Gasteiger partial charge is 0.396 e. The maximum atomic E-state index is 12.2.